The van der Waals surface area contributed by atoms with E-state index in [1.165, 1.54) is 5.56 Å². The molecule has 2 heterocycles. The molecule has 180 valence electrons. The van der Waals surface area contributed by atoms with E-state index in [9.17, 15) is 4.79 Å². The molecule has 0 aromatic heterocycles. The molecular formula is C31H28N2O2S. The van der Waals surface area contributed by atoms with Gasteiger partial charge >= 0.3 is 0 Å². The largest absolute Gasteiger partial charge is 0.489 e. The van der Waals surface area contributed by atoms with E-state index in [0.29, 0.717) is 18.2 Å². The molecule has 5 heteroatoms. The van der Waals surface area contributed by atoms with Crippen molar-refractivity contribution in [2.75, 3.05) is 21.3 Å². The van der Waals surface area contributed by atoms with Crippen molar-refractivity contribution < 1.29 is 9.53 Å². The van der Waals surface area contributed by atoms with Crippen LogP contribution in [0.15, 0.2) is 103 Å². The molecule has 0 saturated carbocycles. The molecule has 36 heavy (non-hydrogen) atoms. The molecule has 0 radical (unpaired) electrons. The lowest BCUT2D eigenvalue weighted by molar-refractivity contribution is 0.0968. The van der Waals surface area contributed by atoms with Crippen molar-refractivity contribution in [2.24, 2.45) is 0 Å². The van der Waals surface area contributed by atoms with Crippen LogP contribution in [0, 0.1) is 6.92 Å². The third-order valence-electron chi connectivity index (χ3n) is 6.80. The van der Waals surface area contributed by atoms with Crippen LogP contribution >= 0.6 is 11.8 Å². The van der Waals surface area contributed by atoms with Crippen LogP contribution in [0.5, 0.6) is 5.75 Å². The second-order valence-corrected chi connectivity index (χ2v) is 10.4. The molecule has 1 atom stereocenters. The third-order valence-corrected chi connectivity index (χ3v) is 8.01. The summed E-state index contributed by atoms with van der Waals surface area (Å²) in [6.07, 6.45) is -0.00811. The average Bonchev–Trinajstić information content (AvgIpc) is 2.89. The first kappa shape index (κ1) is 22.7. The molecular weight excluding hydrogens is 464 g/mol. The Morgan fingerprint density at radius 2 is 1.53 bits per heavy atom. The van der Waals surface area contributed by atoms with Gasteiger partial charge in [0.25, 0.3) is 5.91 Å². The minimum absolute atomic E-state index is 0.00980. The monoisotopic (exact) mass is 492 g/mol. The average molecular weight is 493 g/mol. The second-order valence-electron chi connectivity index (χ2n) is 9.36. The molecule has 4 aromatic carbocycles. The predicted octanol–water partition coefficient (Wildman–Crippen LogP) is 6.86. The van der Waals surface area contributed by atoms with Crippen LogP contribution in [0.1, 0.15) is 33.2 Å². The van der Waals surface area contributed by atoms with Crippen molar-refractivity contribution in [3.63, 3.8) is 0 Å². The Morgan fingerprint density at radius 1 is 0.833 bits per heavy atom. The maximum Gasteiger partial charge on any atom is 0.262 e. The second kappa shape index (κ2) is 9.75. The number of rotatable bonds is 6. The van der Waals surface area contributed by atoms with Gasteiger partial charge in [0.1, 0.15) is 18.0 Å². The van der Waals surface area contributed by atoms with Crippen molar-refractivity contribution >= 4 is 29.0 Å². The standard InChI is InChI=1S/C31H28N2O2S/c1-22-11-15-25(16-12-22)33-30(24-13-17-26(18-14-24)35-27-20-36-21-27)32(19-23-7-3-2-4-8-23)29-10-6-5-9-28(29)31(33)34/h2-18,27,30H,19-21H2,1H3/t30-/m0/s1. The minimum Gasteiger partial charge on any atom is -0.489 e. The number of carbonyl (C=O) groups is 1. The fraction of sp³-hybridized carbons (Fsp3) is 0.194. The molecule has 2 aliphatic rings. The van der Waals surface area contributed by atoms with Gasteiger partial charge in [-0.25, -0.2) is 0 Å². The molecule has 0 spiro atoms. The first-order chi connectivity index (χ1) is 17.7. The predicted molar refractivity (Wildman–Crippen MR) is 148 cm³/mol. The maximum absolute atomic E-state index is 14.0. The molecule has 1 saturated heterocycles. The van der Waals surface area contributed by atoms with Crippen molar-refractivity contribution in [1.29, 1.82) is 0 Å². The zero-order valence-electron chi connectivity index (χ0n) is 20.2. The fourth-order valence-electron chi connectivity index (χ4n) is 4.85. The number of anilines is 2. The SMILES string of the molecule is Cc1ccc(N2C(=O)c3ccccc3N(Cc3ccccc3)[C@@H]2c2ccc(OC3CSC3)cc2)cc1. The Balaban J connectivity index is 1.47. The zero-order chi connectivity index (χ0) is 24.5. The molecule has 2 aliphatic heterocycles. The summed E-state index contributed by atoms with van der Waals surface area (Å²) in [6.45, 7) is 2.74. The first-order valence-corrected chi connectivity index (χ1v) is 13.5. The van der Waals surface area contributed by atoms with Gasteiger partial charge in [0, 0.05) is 23.7 Å². The van der Waals surface area contributed by atoms with E-state index in [4.69, 9.17) is 4.74 Å². The lowest BCUT2D eigenvalue weighted by atomic mass is 9.99. The van der Waals surface area contributed by atoms with Crippen molar-refractivity contribution in [2.45, 2.75) is 25.7 Å². The summed E-state index contributed by atoms with van der Waals surface area (Å²) < 4.78 is 6.10. The summed E-state index contributed by atoms with van der Waals surface area (Å²) in [5.41, 5.74) is 5.95. The third kappa shape index (κ3) is 4.35. The molecule has 1 amide bonds. The topological polar surface area (TPSA) is 32.8 Å². The quantitative estimate of drug-likeness (QED) is 0.295. The smallest absolute Gasteiger partial charge is 0.262 e. The van der Waals surface area contributed by atoms with Gasteiger partial charge in [-0.05, 0) is 54.4 Å². The van der Waals surface area contributed by atoms with Crippen molar-refractivity contribution in [1.82, 2.24) is 0 Å². The highest BCUT2D eigenvalue weighted by molar-refractivity contribution is 8.00. The maximum atomic E-state index is 14.0. The number of para-hydroxylation sites is 1. The summed E-state index contributed by atoms with van der Waals surface area (Å²) >= 11 is 1.91. The van der Waals surface area contributed by atoms with E-state index in [-0.39, 0.29) is 12.1 Å². The number of fused-ring (bicyclic) bond motifs is 1. The van der Waals surface area contributed by atoms with E-state index >= 15 is 0 Å². The number of ether oxygens (including phenoxy) is 1. The number of benzene rings is 4. The van der Waals surface area contributed by atoms with Crippen LogP contribution in [0.3, 0.4) is 0 Å². The molecule has 0 N–H and O–H groups in total. The van der Waals surface area contributed by atoms with E-state index in [0.717, 1.165) is 39.8 Å². The van der Waals surface area contributed by atoms with Crippen LogP contribution in [-0.4, -0.2) is 23.5 Å². The highest BCUT2D eigenvalue weighted by Crippen LogP contribution is 2.42. The van der Waals surface area contributed by atoms with Crippen molar-refractivity contribution in [3.8, 4) is 5.75 Å². The summed E-state index contributed by atoms with van der Waals surface area (Å²) in [7, 11) is 0. The molecule has 6 rings (SSSR count). The summed E-state index contributed by atoms with van der Waals surface area (Å²) in [6, 6.07) is 34.9. The van der Waals surface area contributed by atoms with E-state index in [2.05, 4.69) is 66.4 Å². The number of carbonyl (C=O) groups excluding carboxylic acids is 1. The fourth-order valence-corrected chi connectivity index (χ4v) is 5.42. The molecule has 4 nitrogen and oxygen atoms in total. The number of aryl methyl sites for hydroxylation is 1. The first-order valence-electron chi connectivity index (χ1n) is 12.3. The van der Waals surface area contributed by atoms with Gasteiger partial charge in [-0.15, -0.1) is 0 Å². The Bertz CT molecular complexity index is 1350. The Labute approximate surface area is 216 Å². The van der Waals surface area contributed by atoms with E-state index < -0.39 is 0 Å². The summed E-state index contributed by atoms with van der Waals surface area (Å²) in [4.78, 5) is 18.3. The van der Waals surface area contributed by atoms with Crippen LogP contribution in [0.2, 0.25) is 0 Å². The van der Waals surface area contributed by atoms with Crippen LogP contribution < -0.4 is 14.5 Å². The normalized spacial score (nSPS) is 17.5. The van der Waals surface area contributed by atoms with Gasteiger partial charge in [-0.2, -0.15) is 11.8 Å². The molecule has 0 unspecified atom stereocenters. The van der Waals surface area contributed by atoms with Gasteiger partial charge < -0.3 is 9.64 Å². The lowest BCUT2D eigenvalue weighted by Gasteiger charge is -2.46. The highest BCUT2D eigenvalue weighted by Gasteiger charge is 2.39. The summed E-state index contributed by atoms with van der Waals surface area (Å²) in [5, 5.41) is 0. The van der Waals surface area contributed by atoms with E-state index in [1.807, 2.05) is 65.2 Å². The van der Waals surface area contributed by atoms with Gasteiger partial charge in [0.2, 0.25) is 0 Å². The number of nitrogens with zero attached hydrogens (tertiary/aromatic N) is 2. The number of thioether (sulfide) groups is 1. The minimum atomic E-state index is -0.302. The highest BCUT2D eigenvalue weighted by atomic mass is 32.2. The van der Waals surface area contributed by atoms with Crippen LogP contribution in [-0.2, 0) is 6.54 Å². The van der Waals surface area contributed by atoms with Crippen LogP contribution in [0.25, 0.3) is 0 Å². The zero-order valence-corrected chi connectivity index (χ0v) is 21.0. The van der Waals surface area contributed by atoms with Gasteiger partial charge in [-0.1, -0.05) is 72.3 Å². The van der Waals surface area contributed by atoms with Crippen molar-refractivity contribution in [3.05, 3.63) is 125 Å². The van der Waals surface area contributed by atoms with Gasteiger partial charge in [0.05, 0.1) is 11.3 Å². The molecule has 4 aromatic rings. The molecule has 1 fully saturated rings. The van der Waals surface area contributed by atoms with Gasteiger partial charge in [0.15, 0.2) is 0 Å². The lowest BCUT2D eigenvalue weighted by Crippen LogP contribution is -2.49. The Kier molecular flexibility index (Phi) is 6.16. The number of amides is 1. The Hall–Kier alpha value is -3.70. The van der Waals surface area contributed by atoms with E-state index in [1.54, 1.807) is 0 Å². The number of hydrogen-bond donors (Lipinski definition) is 0. The van der Waals surface area contributed by atoms with Gasteiger partial charge in [-0.3, -0.25) is 9.69 Å². The Morgan fingerprint density at radius 3 is 2.22 bits per heavy atom. The number of hydrogen-bond acceptors (Lipinski definition) is 4. The summed E-state index contributed by atoms with van der Waals surface area (Å²) in [5.74, 6) is 2.97. The van der Waals surface area contributed by atoms with Crippen LogP contribution in [0.4, 0.5) is 11.4 Å². The molecule has 0 bridgehead atoms. The molecule has 0 aliphatic carbocycles.